The summed E-state index contributed by atoms with van der Waals surface area (Å²) in [4.78, 5) is 20.3. The fourth-order valence-corrected chi connectivity index (χ4v) is 3.01. The molecular formula is C19H24N4O. The van der Waals surface area contributed by atoms with Gasteiger partial charge in [-0.2, -0.15) is 0 Å². The van der Waals surface area contributed by atoms with E-state index in [1.165, 1.54) is 11.1 Å². The van der Waals surface area contributed by atoms with Gasteiger partial charge >= 0.3 is 6.03 Å². The molecule has 1 aliphatic carbocycles. The summed E-state index contributed by atoms with van der Waals surface area (Å²) in [5.74, 6) is 1.36. The van der Waals surface area contributed by atoms with E-state index < -0.39 is 0 Å². The highest BCUT2D eigenvalue weighted by molar-refractivity contribution is 5.74. The summed E-state index contributed by atoms with van der Waals surface area (Å²) >= 11 is 0. The maximum atomic E-state index is 12.3. The number of carbonyl (C=O) groups excluding carboxylic acids is 1. The van der Waals surface area contributed by atoms with E-state index >= 15 is 0 Å². The molecule has 1 aromatic carbocycles. The van der Waals surface area contributed by atoms with Crippen molar-refractivity contribution < 1.29 is 4.79 Å². The smallest absolute Gasteiger partial charge is 0.317 e. The Labute approximate surface area is 143 Å². The Hall–Kier alpha value is -2.56. The summed E-state index contributed by atoms with van der Waals surface area (Å²) in [5.41, 5.74) is 3.79. The van der Waals surface area contributed by atoms with Gasteiger partial charge in [0.2, 0.25) is 0 Å². The number of aromatic nitrogens is 1. The van der Waals surface area contributed by atoms with Gasteiger partial charge in [-0.05, 0) is 29.2 Å². The van der Waals surface area contributed by atoms with Gasteiger partial charge in [0, 0.05) is 46.3 Å². The van der Waals surface area contributed by atoms with Crippen LogP contribution in [0.15, 0.2) is 42.6 Å². The highest BCUT2D eigenvalue weighted by atomic mass is 16.2. The van der Waals surface area contributed by atoms with Crippen molar-refractivity contribution in [3.63, 3.8) is 0 Å². The van der Waals surface area contributed by atoms with Gasteiger partial charge in [0.15, 0.2) is 0 Å². The van der Waals surface area contributed by atoms with Crippen LogP contribution >= 0.6 is 0 Å². The first kappa shape index (κ1) is 16.3. The summed E-state index contributed by atoms with van der Waals surface area (Å²) in [6, 6.07) is 12.4. The van der Waals surface area contributed by atoms with Gasteiger partial charge in [-0.25, -0.2) is 9.78 Å². The van der Waals surface area contributed by atoms with Crippen LogP contribution in [0.3, 0.4) is 0 Å². The number of nitrogens with zero attached hydrogens (tertiary/aromatic N) is 3. The van der Waals surface area contributed by atoms with Gasteiger partial charge in [-0.1, -0.05) is 30.3 Å². The summed E-state index contributed by atoms with van der Waals surface area (Å²) in [6.07, 6.45) is 2.87. The zero-order chi connectivity index (χ0) is 17.1. The van der Waals surface area contributed by atoms with Gasteiger partial charge in [-0.3, -0.25) is 0 Å². The van der Waals surface area contributed by atoms with E-state index in [4.69, 9.17) is 0 Å². The van der Waals surface area contributed by atoms with Crippen LogP contribution < -0.4 is 10.2 Å². The van der Waals surface area contributed by atoms with E-state index in [1.807, 2.05) is 44.4 Å². The number of hydrogen-bond donors (Lipinski definition) is 1. The number of amides is 2. The van der Waals surface area contributed by atoms with Crippen molar-refractivity contribution in [2.45, 2.75) is 18.9 Å². The minimum absolute atomic E-state index is 0.0453. The number of rotatable bonds is 5. The molecule has 1 unspecified atom stereocenters. The van der Waals surface area contributed by atoms with Crippen molar-refractivity contribution in [3.05, 3.63) is 59.3 Å². The number of pyridine rings is 1. The predicted molar refractivity (Wildman–Crippen MR) is 96.3 cm³/mol. The van der Waals surface area contributed by atoms with Crippen molar-refractivity contribution in [1.82, 2.24) is 15.2 Å². The Balaban J connectivity index is 1.48. The van der Waals surface area contributed by atoms with Crippen LogP contribution in [0.4, 0.5) is 10.6 Å². The van der Waals surface area contributed by atoms with Gasteiger partial charge in [0.05, 0.1) is 0 Å². The van der Waals surface area contributed by atoms with E-state index in [2.05, 4.69) is 34.6 Å². The lowest BCUT2D eigenvalue weighted by Crippen LogP contribution is -2.40. The Morgan fingerprint density at radius 2 is 2.00 bits per heavy atom. The van der Waals surface area contributed by atoms with Gasteiger partial charge in [0.25, 0.3) is 0 Å². The largest absolute Gasteiger partial charge is 0.363 e. The van der Waals surface area contributed by atoms with E-state index in [9.17, 15) is 4.79 Å². The molecule has 0 fully saturated rings. The van der Waals surface area contributed by atoms with Gasteiger partial charge < -0.3 is 15.1 Å². The molecule has 0 bridgehead atoms. The molecule has 0 saturated carbocycles. The lowest BCUT2D eigenvalue weighted by Gasteiger charge is -2.30. The highest BCUT2D eigenvalue weighted by Crippen LogP contribution is 2.33. The third-order valence-corrected chi connectivity index (χ3v) is 4.49. The average Bonchev–Trinajstić information content (AvgIpc) is 2.56. The number of hydrogen-bond acceptors (Lipinski definition) is 3. The molecule has 0 radical (unpaired) electrons. The third kappa shape index (κ3) is 3.50. The molecule has 2 aromatic rings. The second-order valence-corrected chi connectivity index (χ2v) is 6.56. The van der Waals surface area contributed by atoms with Gasteiger partial charge in [-0.15, -0.1) is 0 Å². The molecule has 1 heterocycles. The second-order valence-electron chi connectivity index (χ2n) is 6.56. The standard InChI is InChI=1S/C19H24N4O/c1-22(2)18-9-8-14(11-20-18)13-23(3)19(24)21-12-16-10-15-6-4-5-7-17(15)16/h4-9,11,16H,10,12-13H2,1-3H3,(H,21,24). The van der Waals surface area contributed by atoms with Crippen LogP contribution in [0, 0.1) is 0 Å². The molecule has 5 heteroatoms. The molecule has 1 aliphatic rings. The van der Waals surface area contributed by atoms with Crippen LogP contribution in [-0.4, -0.2) is 43.6 Å². The van der Waals surface area contributed by atoms with Crippen LogP contribution in [-0.2, 0) is 13.0 Å². The highest BCUT2D eigenvalue weighted by Gasteiger charge is 2.25. The van der Waals surface area contributed by atoms with Crippen molar-refractivity contribution in [3.8, 4) is 0 Å². The summed E-state index contributed by atoms with van der Waals surface area (Å²) in [7, 11) is 5.73. The Kier molecular flexibility index (Phi) is 4.69. The van der Waals surface area contributed by atoms with Crippen LogP contribution in [0.5, 0.6) is 0 Å². The number of carbonyl (C=O) groups is 1. The SMILES string of the molecule is CN(Cc1ccc(N(C)C)nc1)C(=O)NCC1Cc2ccccc21. The van der Waals surface area contributed by atoms with Gasteiger partial charge in [0.1, 0.15) is 5.82 Å². The number of benzene rings is 1. The lowest BCUT2D eigenvalue weighted by molar-refractivity contribution is 0.205. The maximum Gasteiger partial charge on any atom is 0.317 e. The quantitative estimate of drug-likeness (QED) is 0.920. The lowest BCUT2D eigenvalue weighted by atomic mass is 9.78. The first-order chi connectivity index (χ1) is 11.5. The minimum Gasteiger partial charge on any atom is -0.363 e. The molecule has 24 heavy (non-hydrogen) atoms. The Morgan fingerprint density at radius 1 is 1.21 bits per heavy atom. The zero-order valence-corrected chi connectivity index (χ0v) is 14.5. The van der Waals surface area contributed by atoms with Crippen LogP contribution in [0.25, 0.3) is 0 Å². The molecule has 1 atom stereocenters. The van der Waals surface area contributed by atoms with Crippen LogP contribution in [0.1, 0.15) is 22.6 Å². The fourth-order valence-electron chi connectivity index (χ4n) is 3.01. The molecule has 5 nitrogen and oxygen atoms in total. The molecule has 126 valence electrons. The molecule has 2 amide bonds. The van der Waals surface area contributed by atoms with Crippen molar-refractivity contribution in [2.75, 3.05) is 32.6 Å². The van der Waals surface area contributed by atoms with Crippen LogP contribution in [0.2, 0.25) is 0 Å². The topological polar surface area (TPSA) is 48.5 Å². The monoisotopic (exact) mass is 324 g/mol. The van der Waals surface area contributed by atoms with Crippen molar-refractivity contribution >= 4 is 11.8 Å². The van der Waals surface area contributed by atoms with Crippen molar-refractivity contribution in [1.29, 1.82) is 0 Å². The summed E-state index contributed by atoms with van der Waals surface area (Å²) in [5, 5.41) is 3.03. The maximum absolute atomic E-state index is 12.3. The summed E-state index contributed by atoms with van der Waals surface area (Å²) < 4.78 is 0. The first-order valence-electron chi connectivity index (χ1n) is 8.23. The summed E-state index contributed by atoms with van der Waals surface area (Å²) in [6.45, 7) is 1.24. The first-order valence-corrected chi connectivity index (χ1v) is 8.23. The Bertz CT molecular complexity index is 712. The number of fused-ring (bicyclic) bond motifs is 1. The number of nitrogens with one attached hydrogen (secondary N) is 1. The van der Waals surface area contributed by atoms with E-state index in [-0.39, 0.29) is 6.03 Å². The third-order valence-electron chi connectivity index (χ3n) is 4.49. The average molecular weight is 324 g/mol. The molecule has 1 aromatic heterocycles. The molecular weight excluding hydrogens is 300 g/mol. The molecule has 0 saturated heterocycles. The van der Waals surface area contributed by atoms with E-state index in [1.54, 1.807) is 4.90 Å². The van der Waals surface area contributed by atoms with Crippen molar-refractivity contribution in [2.24, 2.45) is 0 Å². The Morgan fingerprint density at radius 3 is 2.67 bits per heavy atom. The number of anilines is 1. The molecule has 3 rings (SSSR count). The van der Waals surface area contributed by atoms with E-state index in [0.717, 1.165) is 17.8 Å². The predicted octanol–water partition coefficient (Wildman–Crippen LogP) is 2.63. The molecule has 0 spiro atoms. The fraction of sp³-hybridized carbons (Fsp3) is 0.368. The second kappa shape index (κ2) is 6.91. The van der Waals surface area contributed by atoms with E-state index in [0.29, 0.717) is 19.0 Å². The molecule has 0 aliphatic heterocycles. The molecule has 1 N–H and O–H groups in total. The number of urea groups is 1. The normalized spacial score (nSPS) is 15.2. The minimum atomic E-state index is -0.0453. The zero-order valence-electron chi connectivity index (χ0n) is 14.5.